The van der Waals surface area contributed by atoms with Crippen LogP contribution in [0.15, 0.2) is 0 Å². The molecular formula is C16H29N. The van der Waals surface area contributed by atoms with Gasteiger partial charge in [0.2, 0.25) is 0 Å². The largest absolute Gasteiger partial charge is 0.316 e. The molecule has 1 N–H and O–H groups in total. The summed E-state index contributed by atoms with van der Waals surface area (Å²) in [5.74, 6) is 5.27. The second-order valence-electron chi connectivity index (χ2n) is 7.12. The maximum atomic E-state index is 3.81. The minimum absolute atomic E-state index is 0.991. The van der Waals surface area contributed by atoms with Crippen LogP contribution in [-0.2, 0) is 0 Å². The van der Waals surface area contributed by atoms with Gasteiger partial charge in [-0.05, 0) is 81.2 Å². The number of hydrogen-bond acceptors (Lipinski definition) is 1. The zero-order chi connectivity index (χ0) is 11.7. The normalized spacial score (nSPS) is 34.2. The third-order valence-electron chi connectivity index (χ3n) is 5.40. The Morgan fingerprint density at radius 2 is 1.47 bits per heavy atom. The summed E-state index contributed by atoms with van der Waals surface area (Å²) in [6.45, 7) is 5.06. The Morgan fingerprint density at radius 3 is 2.00 bits per heavy atom. The van der Waals surface area contributed by atoms with Crippen LogP contribution in [0.2, 0.25) is 0 Å². The van der Waals surface area contributed by atoms with Gasteiger partial charge in [0.05, 0.1) is 0 Å². The van der Waals surface area contributed by atoms with E-state index in [-0.39, 0.29) is 0 Å². The Kier molecular flexibility index (Phi) is 3.75. The van der Waals surface area contributed by atoms with E-state index >= 15 is 0 Å². The molecule has 3 fully saturated rings. The first-order chi connectivity index (χ1) is 8.33. The summed E-state index contributed by atoms with van der Waals surface area (Å²) in [6.07, 6.45) is 12.0. The average Bonchev–Trinajstić information content (AvgIpc) is 3.19. The van der Waals surface area contributed by atoms with Crippen molar-refractivity contribution < 1.29 is 0 Å². The third-order valence-corrected chi connectivity index (χ3v) is 5.40. The predicted octanol–water partition coefficient (Wildman–Crippen LogP) is 3.84. The lowest BCUT2D eigenvalue weighted by Gasteiger charge is -2.27. The molecule has 0 spiro atoms. The average molecular weight is 235 g/mol. The van der Waals surface area contributed by atoms with Crippen LogP contribution in [0.1, 0.15) is 58.3 Å². The Balaban J connectivity index is 1.33. The van der Waals surface area contributed by atoms with Crippen molar-refractivity contribution in [1.29, 1.82) is 0 Å². The summed E-state index contributed by atoms with van der Waals surface area (Å²) < 4.78 is 0. The van der Waals surface area contributed by atoms with Gasteiger partial charge in [0.1, 0.15) is 0 Å². The Hall–Kier alpha value is -0.0400. The summed E-state index contributed by atoms with van der Waals surface area (Å²) in [5, 5.41) is 3.81. The van der Waals surface area contributed by atoms with Crippen LogP contribution < -0.4 is 5.32 Å². The van der Waals surface area contributed by atoms with Gasteiger partial charge in [-0.3, -0.25) is 0 Å². The zero-order valence-electron chi connectivity index (χ0n) is 11.5. The number of nitrogens with one attached hydrogen (secondary N) is 1. The fraction of sp³-hybridized carbons (Fsp3) is 1.00. The summed E-state index contributed by atoms with van der Waals surface area (Å²) in [5.41, 5.74) is 0. The Bertz CT molecular complexity index is 222. The van der Waals surface area contributed by atoms with E-state index in [1.54, 1.807) is 0 Å². The zero-order valence-corrected chi connectivity index (χ0v) is 11.5. The molecule has 3 aliphatic rings. The standard InChI is InChI=1S/C16H29N/c1-12-2-4-13(5-3-12)10-17-11-16(14-6-7-14)15-8-9-15/h12-17H,2-11H2,1H3. The van der Waals surface area contributed by atoms with Gasteiger partial charge in [0, 0.05) is 0 Å². The van der Waals surface area contributed by atoms with Crippen LogP contribution in [-0.4, -0.2) is 13.1 Å². The Labute approximate surface area is 107 Å². The maximum absolute atomic E-state index is 3.81. The van der Waals surface area contributed by atoms with Crippen molar-refractivity contribution in [3.63, 3.8) is 0 Å². The van der Waals surface area contributed by atoms with Gasteiger partial charge >= 0.3 is 0 Å². The van der Waals surface area contributed by atoms with Crippen LogP contribution in [0.5, 0.6) is 0 Å². The van der Waals surface area contributed by atoms with Crippen molar-refractivity contribution in [1.82, 2.24) is 5.32 Å². The third kappa shape index (κ3) is 3.47. The van der Waals surface area contributed by atoms with Gasteiger partial charge in [-0.1, -0.05) is 19.8 Å². The fourth-order valence-electron chi connectivity index (χ4n) is 3.75. The topological polar surface area (TPSA) is 12.0 Å². The molecule has 3 aliphatic carbocycles. The SMILES string of the molecule is CC1CCC(CNCC(C2CC2)C2CC2)CC1. The quantitative estimate of drug-likeness (QED) is 0.737. The van der Waals surface area contributed by atoms with Crippen molar-refractivity contribution in [2.75, 3.05) is 13.1 Å². The highest BCUT2D eigenvalue weighted by atomic mass is 14.9. The van der Waals surface area contributed by atoms with Crippen LogP contribution in [0.3, 0.4) is 0 Å². The molecule has 0 unspecified atom stereocenters. The lowest BCUT2D eigenvalue weighted by molar-refractivity contribution is 0.271. The summed E-state index contributed by atoms with van der Waals surface area (Å²) in [6, 6.07) is 0. The lowest BCUT2D eigenvalue weighted by atomic mass is 9.83. The summed E-state index contributed by atoms with van der Waals surface area (Å²) in [4.78, 5) is 0. The molecule has 0 aromatic rings. The molecule has 0 heterocycles. The number of hydrogen-bond donors (Lipinski definition) is 1. The molecule has 0 atom stereocenters. The molecule has 3 saturated carbocycles. The highest BCUT2D eigenvalue weighted by Crippen LogP contribution is 2.48. The second-order valence-corrected chi connectivity index (χ2v) is 7.12. The first kappa shape index (κ1) is 12.0. The molecule has 98 valence electrons. The molecule has 17 heavy (non-hydrogen) atoms. The molecule has 0 saturated heterocycles. The van der Waals surface area contributed by atoms with Crippen molar-refractivity contribution in [2.45, 2.75) is 58.3 Å². The molecule has 0 radical (unpaired) electrons. The second kappa shape index (κ2) is 5.30. The minimum Gasteiger partial charge on any atom is -0.316 e. The lowest BCUT2D eigenvalue weighted by Crippen LogP contribution is -2.31. The van der Waals surface area contributed by atoms with Crippen LogP contribution >= 0.6 is 0 Å². The summed E-state index contributed by atoms with van der Waals surface area (Å²) in [7, 11) is 0. The van der Waals surface area contributed by atoms with E-state index in [0.717, 1.165) is 29.6 Å². The van der Waals surface area contributed by atoms with E-state index < -0.39 is 0 Å². The fourth-order valence-corrected chi connectivity index (χ4v) is 3.75. The molecule has 0 bridgehead atoms. The summed E-state index contributed by atoms with van der Waals surface area (Å²) >= 11 is 0. The minimum atomic E-state index is 0.991. The molecule has 1 heteroatoms. The van der Waals surface area contributed by atoms with Gasteiger partial charge in [-0.25, -0.2) is 0 Å². The maximum Gasteiger partial charge on any atom is -0.00151 e. The van der Waals surface area contributed by atoms with Crippen molar-refractivity contribution >= 4 is 0 Å². The molecule has 0 aromatic heterocycles. The van der Waals surface area contributed by atoms with Crippen molar-refractivity contribution in [3.05, 3.63) is 0 Å². The van der Waals surface area contributed by atoms with Crippen molar-refractivity contribution in [3.8, 4) is 0 Å². The van der Waals surface area contributed by atoms with Crippen molar-refractivity contribution in [2.24, 2.45) is 29.6 Å². The highest BCUT2D eigenvalue weighted by molar-refractivity contribution is 4.92. The van der Waals surface area contributed by atoms with Gasteiger partial charge in [0.25, 0.3) is 0 Å². The van der Waals surface area contributed by atoms with Gasteiger partial charge < -0.3 is 5.32 Å². The van der Waals surface area contributed by atoms with E-state index in [0.29, 0.717) is 0 Å². The van der Waals surface area contributed by atoms with Gasteiger partial charge in [-0.2, -0.15) is 0 Å². The van der Waals surface area contributed by atoms with Crippen LogP contribution in [0.4, 0.5) is 0 Å². The van der Waals surface area contributed by atoms with Gasteiger partial charge in [0.15, 0.2) is 0 Å². The van der Waals surface area contributed by atoms with Crippen LogP contribution in [0.25, 0.3) is 0 Å². The first-order valence-corrected chi connectivity index (χ1v) is 8.03. The van der Waals surface area contributed by atoms with E-state index in [1.807, 2.05) is 0 Å². The van der Waals surface area contributed by atoms with Crippen LogP contribution in [0, 0.1) is 29.6 Å². The number of rotatable bonds is 6. The van der Waals surface area contributed by atoms with E-state index in [1.165, 1.54) is 64.5 Å². The molecule has 3 rings (SSSR count). The van der Waals surface area contributed by atoms with E-state index in [2.05, 4.69) is 12.2 Å². The smallest absolute Gasteiger partial charge is 0.00151 e. The van der Waals surface area contributed by atoms with E-state index in [4.69, 9.17) is 0 Å². The van der Waals surface area contributed by atoms with E-state index in [9.17, 15) is 0 Å². The predicted molar refractivity (Wildman–Crippen MR) is 72.9 cm³/mol. The molecular weight excluding hydrogens is 206 g/mol. The Morgan fingerprint density at radius 1 is 0.882 bits per heavy atom. The first-order valence-electron chi connectivity index (χ1n) is 8.03. The molecule has 0 aromatic carbocycles. The monoisotopic (exact) mass is 235 g/mol. The molecule has 0 amide bonds. The van der Waals surface area contributed by atoms with Gasteiger partial charge in [-0.15, -0.1) is 0 Å². The highest BCUT2D eigenvalue weighted by Gasteiger charge is 2.40. The molecule has 0 aliphatic heterocycles. The molecule has 1 nitrogen and oxygen atoms in total.